The number of carboxylic acid groups (broad SMARTS) is 1. The van der Waals surface area contributed by atoms with E-state index < -0.39 is 36.1 Å². The number of hydrogen-bond donors (Lipinski definition) is 4. The number of rotatable bonds is 15. The first kappa shape index (κ1) is 41.1. The van der Waals surface area contributed by atoms with Crippen molar-refractivity contribution in [2.75, 3.05) is 25.0 Å². The van der Waals surface area contributed by atoms with Gasteiger partial charge in [0.2, 0.25) is 11.9 Å². The highest BCUT2D eigenvalue weighted by Crippen LogP contribution is 2.32. The lowest BCUT2D eigenvalue weighted by Gasteiger charge is -2.20. The average molecular weight is 758 g/mol. The number of carbonyl (C=O) groups is 4. The van der Waals surface area contributed by atoms with Gasteiger partial charge in [0.25, 0.3) is 5.91 Å². The Morgan fingerprint density at radius 2 is 1.73 bits per heavy atom. The van der Waals surface area contributed by atoms with Gasteiger partial charge >= 0.3 is 12.2 Å². The van der Waals surface area contributed by atoms with Crippen molar-refractivity contribution in [3.8, 4) is 17.0 Å². The van der Waals surface area contributed by atoms with Gasteiger partial charge in [-0.05, 0) is 88.9 Å². The number of anilines is 1. The molecule has 0 atom stereocenters. The van der Waals surface area contributed by atoms with Crippen LogP contribution in [0.2, 0.25) is 10.0 Å². The fraction of sp³-hybridized carbons (Fsp3) is 0.333. The second-order valence-corrected chi connectivity index (χ2v) is 13.1. The predicted molar refractivity (Wildman–Crippen MR) is 199 cm³/mol. The molecule has 0 aliphatic rings. The number of unbranched alkanes of at least 4 members (excludes halogenated alkanes) is 2. The summed E-state index contributed by atoms with van der Waals surface area (Å²) in [7, 11) is 0. The third-order valence-electron chi connectivity index (χ3n) is 6.92. The molecule has 0 aliphatic heterocycles. The molecule has 2 aromatic carbocycles. The number of benzene rings is 2. The molecule has 0 aliphatic carbocycles. The van der Waals surface area contributed by atoms with Crippen molar-refractivity contribution in [2.45, 2.75) is 59.1 Å². The minimum atomic E-state index is -1.23. The zero-order valence-corrected chi connectivity index (χ0v) is 30.9. The summed E-state index contributed by atoms with van der Waals surface area (Å²) in [4.78, 5) is 55.8. The Balaban J connectivity index is 1.81. The molecule has 1 heterocycles. The Labute approximate surface area is 311 Å². The van der Waals surface area contributed by atoms with E-state index >= 15 is 0 Å². The lowest BCUT2D eigenvalue weighted by molar-refractivity contribution is -0.117. The van der Waals surface area contributed by atoms with E-state index in [1.54, 1.807) is 64.1 Å². The first-order valence-corrected chi connectivity index (χ1v) is 16.9. The number of nitrogens with one attached hydrogen (secondary N) is 3. The molecule has 0 radical (unpaired) electrons. The molecule has 0 saturated heterocycles. The molecular formula is C36H42Cl2N6O8. The fourth-order valence-corrected chi connectivity index (χ4v) is 5.20. The van der Waals surface area contributed by atoms with Crippen molar-refractivity contribution in [1.29, 1.82) is 0 Å². The van der Waals surface area contributed by atoms with Crippen LogP contribution in [0.3, 0.4) is 0 Å². The molecule has 278 valence electrons. The van der Waals surface area contributed by atoms with E-state index in [4.69, 9.17) is 37.2 Å². The maximum Gasteiger partial charge on any atom is 0.414 e. The zero-order valence-electron chi connectivity index (χ0n) is 29.4. The number of ether oxygens (including phenoxy) is 2. The number of alkyl carbamates (subject to hydrolysis) is 1. The topological polar surface area (TPSA) is 185 Å². The molecule has 0 saturated carbocycles. The molecule has 4 N–H and O–H groups in total. The van der Waals surface area contributed by atoms with Crippen LogP contribution in [0.15, 0.2) is 71.2 Å². The summed E-state index contributed by atoms with van der Waals surface area (Å²) in [5.41, 5.74) is 0.567. The van der Waals surface area contributed by atoms with E-state index in [0.717, 1.165) is 17.7 Å². The van der Waals surface area contributed by atoms with Gasteiger partial charge in [-0.15, -0.1) is 6.58 Å². The van der Waals surface area contributed by atoms with Crippen molar-refractivity contribution < 1.29 is 38.3 Å². The summed E-state index contributed by atoms with van der Waals surface area (Å²) >= 11 is 13.0. The van der Waals surface area contributed by atoms with Crippen LogP contribution in [-0.2, 0) is 16.1 Å². The second-order valence-electron chi connectivity index (χ2n) is 12.3. The van der Waals surface area contributed by atoms with Crippen LogP contribution in [-0.4, -0.2) is 70.4 Å². The van der Waals surface area contributed by atoms with E-state index in [2.05, 4.69) is 39.3 Å². The first-order chi connectivity index (χ1) is 24.6. The van der Waals surface area contributed by atoms with Crippen molar-refractivity contribution >= 4 is 58.8 Å². The van der Waals surface area contributed by atoms with Gasteiger partial charge in [0, 0.05) is 18.7 Å². The SMILES string of the molecule is C=CCCCCN(CC(=O)Nc1c(Cl)cc(CN/C(=N/C(=O)c2c(-c3ccc(OCC=C)cc3)noc2C)NC(=O)OC(C)(C)C)cc1Cl)C(=O)O. The maximum atomic E-state index is 13.6. The Hall–Kier alpha value is -5.34. The first-order valence-electron chi connectivity index (χ1n) is 16.2. The van der Waals surface area contributed by atoms with Gasteiger partial charge in [0.05, 0.1) is 15.7 Å². The molecule has 0 unspecified atom stereocenters. The number of guanidine groups is 1. The Morgan fingerprint density at radius 1 is 1.06 bits per heavy atom. The van der Waals surface area contributed by atoms with Crippen LogP contribution in [0.25, 0.3) is 11.3 Å². The molecule has 16 heteroatoms. The Morgan fingerprint density at radius 3 is 2.33 bits per heavy atom. The summed E-state index contributed by atoms with van der Waals surface area (Å²) in [5.74, 6) is -0.873. The third-order valence-corrected chi connectivity index (χ3v) is 7.52. The molecule has 4 amide bonds. The van der Waals surface area contributed by atoms with E-state index in [-0.39, 0.29) is 51.8 Å². The van der Waals surface area contributed by atoms with Crippen LogP contribution in [0.5, 0.6) is 5.75 Å². The van der Waals surface area contributed by atoms with Crippen LogP contribution in [0.4, 0.5) is 15.3 Å². The van der Waals surface area contributed by atoms with Gasteiger partial charge < -0.3 is 29.7 Å². The molecule has 0 fully saturated rings. The quantitative estimate of drug-likeness (QED) is 0.0521. The lowest BCUT2D eigenvalue weighted by atomic mass is 10.1. The standard InChI is InChI=1S/C36H42Cl2N6O8/c1-7-9-10-11-16-44(35(48)49)21-28(45)40-31-26(37)18-23(19-27(31)38)20-39-33(42-34(47)51-36(4,5)6)41-32(46)29-22(3)52-43-30(29)24-12-14-25(15-13-24)50-17-8-2/h7-8,12-15,18-19H,1-2,9-11,16-17,20-21H2,3-6H3,(H,40,45)(H,48,49)(H2,39,41,42,46,47). The largest absolute Gasteiger partial charge is 0.490 e. The number of aryl methyl sites for hydroxylation is 1. The van der Waals surface area contributed by atoms with Crippen molar-refractivity contribution in [1.82, 2.24) is 20.7 Å². The lowest BCUT2D eigenvalue weighted by Crippen LogP contribution is -2.43. The van der Waals surface area contributed by atoms with Gasteiger partial charge in [-0.2, -0.15) is 4.99 Å². The maximum absolute atomic E-state index is 13.6. The second kappa shape index (κ2) is 19.3. The third kappa shape index (κ3) is 12.8. The van der Waals surface area contributed by atoms with Gasteiger partial charge in [-0.1, -0.05) is 47.1 Å². The molecular weight excluding hydrogens is 715 g/mol. The fourth-order valence-electron chi connectivity index (χ4n) is 4.57. The van der Waals surface area contributed by atoms with Crippen LogP contribution in [0.1, 0.15) is 61.7 Å². The highest BCUT2D eigenvalue weighted by Gasteiger charge is 2.24. The monoisotopic (exact) mass is 756 g/mol. The molecule has 14 nitrogen and oxygen atoms in total. The number of nitrogens with zero attached hydrogens (tertiary/aromatic N) is 3. The summed E-state index contributed by atoms with van der Waals surface area (Å²) < 4.78 is 16.2. The van der Waals surface area contributed by atoms with Crippen LogP contribution < -0.4 is 20.7 Å². The van der Waals surface area contributed by atoms with E-state index in [9.17, 15) is 24.3 Å². The molecule has 3 aromatic rings. The zero-order chi connectivity index (χ0) is 38.4. The van der Waals surface area contributed by atoms with E-state index in [0.29, 0.717) is 29.9 Å². The minimum Gasteiger partial charge on any atom is -0.490 e. The van der Waals surface area contributed by atoms with Gasteiger partial charge in [-0.3, -0.25) is 19.8 Å². The van der Waals surface area contributed by atoms with Gasteiger partial charge in [-0.25, -0.2) is 9.59 Å². The highest BCUT2D eigenvalue weighted by molar-refractivity contribution is 6.40. The number of aliphatic imine (C=N–C) groups is 1. The molecule has 0 bridgehead atoms. The molecule has 3 rings (SSSR count). The number of amides is 4. The number of hydrogen-bond acceptors (Lipinski definition) is 8. The van der Waals surface area contributed by atoms with Gasteiger partial charge in [0.1, 0.15) is 41.5 Å². The van der Waals surface area contributed by atoms with E-state index in [1.165, 1.54) is 12.1 Å². The van der Waals surface area contributed by atoms with Crippen molar-refractivity contribution in [3.63, 3.8) is 0 Å². The smallest absolute Gasteiger partial charge is 0.414 e. The number of halogens is 2. The molecule has 0 spiro atoms. The minimum absolute atomic E-state index is 0.0469. The summed E-state index contributed by atoms with van der Waals surface area (Å²) in [6, 6.07) is 9.84. The van der Waals surface area contributed by atoms with Gasteiger partial charge in [0.15, 0.2) is 0 Å². The van der Waals surface area contributed by atoms with Crippen molar-refractivity contribution in [3.05, 3.63) is 88.6 Å². The number of carbonyl (C=O) groups excluding carboxylic acids is 3. The average Bonchev–Trinajstić information content (AvgIpc) is 3.46. The highest BCUT2D eigenvalue weighted by atomic mass is 35.5. The predicted octanol–water partition coefficient (Wildman–Crippen LogP) is 7.61. The number of aromatic nitrogens is 1. The van der Waals surface area contributed by atoms with Crippen LogP contribution >= 0.6 is 23.2 Å². The summed E-state index contributed by atoms with van der Waals surface area (Å²) in [6.45, 7) is 13.9. The summed E-state index contributed by atoms with van der Waals surface area (Å²) in [6.07, 6.45) is 3.28. The van der Waals surface area contributed by atoms with E-state index in [1.807, 2.05) is 0 Å². The van der Waals surface area contributed by atoms with Crippen molar-refractivity contribution in [2.24, 2.45) is 4.99 Å². The molecule has 1 aromatic heterocycles. The number of allylic oxidation sites excluding steroid dienone is 1. The van der Waals surface area contributed by atoms with Crippen LogP contribution in [0, 0.1) is 6.92 Å². The Bertz CT molecular complexity index is 1780. The Kier molecular flexibility index (Phi) is 15.3. The summed E-state index contributed by atoms with van der Waals surface area (Å²) in [5, 5.41) is 21.6. The molecule has 52 heavy (non-hydrogen) atoms. The normalized spacial score (nSPS) is 11.3.